The van der Waals surface area contributed by atoms with E-state index in [2.05, 4.69) is 26.9 Å². The number of anilines is 1. The average molecular weight is 1110 g/mol. The van der Waals surface area contributed by atoms with Crippen LogP contribution in [0.25, 0.3) is 5.69 Å². The highest BCUT2D eigenvalue weighted by molar-refractivity contribution is 7.90. The van der Waals surface area contributed by atoms with Crippen molar-refractivity contribution in [1.82, 2.24) is 33.2 Å². The van der Waals surface area contributed by atoms with Crippen LogP contribution in [-0.2, 0) is 55.6 Å². The maximum Gasteiger partial charge on any atom is 0.350 e. The summed E-state index contributed by atoms with van der Waals surface area (Å²) in [4.78, 5) is 86.5. The minimum Gasteiger partial charge on any atom is -0.459 e. The molecule has 0 atom stereocenters. The molecule has 25 heteroatoms. The summed E-state index contributed by atoms with van der Waals surface area (Å²) >= 11 is 13.0. The van der Waals surface area contributed by atoms with Crippen LogP contribution in [0, 0.1) is 39.4 Å². The number of nitrogens with one attached hydrogen (secondary N) is 2. The SMILES string of the molecule is C=CCOC(=O)C(C)(C)OC(=O)c1cc(-n2c(=O)cc(C)n(C)c2=O)ccc1Cl.Cc1cc(C)nc(NC(=O)NS(=O)(=O)c2ccccc2CC2COC2)n1.Cc1cc(N=c2sc(=O)n3n2CCCC3)c(F)cc1Cl. The monoisotopic (exact) mass is 1110 g/mol. The van der Waals surface area contributed by atoms with Gasteiger partial charge < -0.3 is 18.8 Å². The van der Waals surface area contributed by atoms with Gasteiger partial charge in [-0.1, -0.05) is 54.1 Å². The standard InChI is InChI=1S/C20H21ClN2O6.C17H20N4O4S.C13H13ClFN3OS/c1-6-9-28-18(26)20(3,4)29-17(25)14-11-13(7-8-15(14)21)23-16(24)10-12(2)22(5)19(23)27;1-11-7-12(2)19-16(18-11)20-17(22)21-26(23,24)15-6-4-3-5-14(15)8-13-9-25-10-13;1-8-6-11(10(15)7-9(8)14)16-12-17-4-2-3-5-18(17)13(19)20-12/h6-8,10-11H,1,9H2,2-5H3;3-7,13H,8-10H2,1-2H3,(H2,18,19,20,21,22);6-7H,2-5H2,1H3. The quantitative estimate of drug-likeness (QED) is 0.0948. The Morgan fingerprint density at radius 1 is 0.947 bits per heavy atom. The van der Waals surface area contributed by atoms with E-state index in [1.54, 1.807) is 62.7 Å². The molecule has 0 radical (unpaired) electrons. The van der Waals surface area contributed by atoms with Crippen LogP contribution in [0.1, 0.15) is 65.3 Å². The Balaban J connectivity index is 0.000000186. The fourth-order valence-corrected chi connectivity index (χ4v) is 9.80. The van der Waals surface area contributed by atoms with Crippen molar-refractivity contribution in [2.75, 3.05) is 25.1 Å². The van der Waals surface area contributed by atoms with E-state index in [0.717, 1.165) is 40.9 Å². The highest BCUT2D eigenvalue weighted by Crippen LogP contribution is 2.27. The molecule has 0 saturated carbocycles. The predicted octanol–water partition coefficient (Wildman–Crippen LogP) is 6.79. The number of hydrogen-bond acceptors (Lipinski definition) is 15. The number of fused-ring (bicyclic) bond motifs is 1. The maximum atomic E-state index is 13.9. The van der Waals surface area contributed by atoms with Crippen molar-refractivity contribution >= 4 is 74.2 Å². The molecule has 2 aliphatic rings. The van der Waals surface area contributed by atoms with E-state index in [4.69, 9.17) is 37.4 Å². The van der Waals surface area contributed by atoms with Crippen molar-refractivity contribution in [3.63, 3.8) is 0 Å². The number of ether oxygens (including phenoxy) is 3. The van der Waals surface area contributed by atoms with Crippen LogP contribution in [0.4, 0.5) is 20.8 Å². The molecule has 8 rings (SSSR count). The molecule has 2 amide bonds. The lowest BCUT2D eigenvalue weighted by Gasteiger charge is -2.26. The zero-order valence-electron chi connectivity index (χ0n) is 41.9. The summed E-state index contributed by atoms with van der Waals surface area (Å²) in [6, 6.07) is 15.7. The number of sulfonamides is 1. The lowest BCUT2D eigenvalue weighted by Crippen LogP contribution is -2.39. The molecule has 0 spiro atoms. The molecule has 75 heavy (non-hydrogen) atoms. The molecule has 0 aliphatic carbocycles. The lowest BCUT2D eigenvalue weighted by molar-refractivity contribution is -0.161. The number of aromatic nitrogens is 6. The van der Waals surface area contributed by atoms with Gasteiger partial charge in [0.2, 0.25) is 16.4 Å². The Bertz CT molecular complexity index is 3530. The summed E-state index contributed by atoms with van der Waals surface area (Å²) in [5, 5.41) is 2.77. The zero-order chi connectivity index (χ0) is 54.9. The number of amides is 2. The van der Waals surface area contributed by atoms with Gasteiger partial charge in [0.05, 0.1) is 34.4 Å². The fraction of sp³-hybridized carbons (Fsp3) is 0.340. The first-order valence-electron chi connectivity index (χ1n) is 23.1. The van der Waals surface area contributed by atoms with Crippen LogP contribution in [0.5, 0.6) is 0 Å². The van der Waals surface area contributed by atoms with Gasteiger partial charge in [-0.3, -0.25) is 19.6 Å². The third-order valence-corrected chi connectivity index (χ3v) is 14.4. The largest absolute Gasteiger partial charge is 0.459 e. The van der Waals surface area contributed by atoms with Crippen LogP contribution in [0.15, 0.2) is 104 Å². The molecule has 20 nitrogen and oxygen atoms in total. The number of esters is 2. The highest BCUT2D eigenvalue weighted by Gasteiger charge is 2.35. The zero-order valence-corrected chi connectivity index (χ0v) is 45.1. The lowest BCUT2D eigenvalue weighted by atomic mass is 9.98. The number of carbonyl (C=O) groups excluding carboxylic acids is 3. The number of hydrogen-bond donors (Lipinski definition) is 2. The third kappa shape index (κ3) is 14.4. The highest BCUT2D eigenvalue weighted by atomic mass is 35.5. The van der Waals surface area contributed by atoms with Crippen molar-refractivity contribution in [2.24, 2.45) is 18.0 Å². The average Bonchev–Trinajstić information content (AvgIpc) is 3.64. The van der Waals surface area contributed by atoms with Gasteiger partial charge in [0.1, 0.15) is 18.1 Å². The van der Waals surface area contributed by atoms with Crippen molar-refractivity contribution in [1.29, 1.82) is 0 Å². The van der Waals surface area contributed by atoms with Crippen molar-refractivity contribution < 1.29 is 41.4 Å². The molecule has 3 aromatic heterocycles. The number of nitrogens with zero attached hydrogens (tertiary/aromatic N) is 7. The number of rotatable bonds is 12. The van der Waals surface area contributed by atoms with E-state index in [0.29, 0.717) is 64.6 Å². The molecule has 5 heterocycles. The van der Waals surface area contributed by atoms with Crippen molar-refractivity contribution in [3.05, 3.63) is 164 Å². The molecule has 6 aromatic rings. The Morgan fingerprint density at radius 2 is 1.61 bits per heavy atom. The first-order valence-corrected chi connectivity index (χ1v) is 26.2. The summed E-state index contributed by atoms with van der Waals surface area (Å²) < 4.78 is 62.2. The van der Waals surface area contributed by atoms with E-state index in [9.17, 15) is 41.6 Å². The van der Waals surface area contributed by atoms with Gasteiger partial charge in [-0.2, -0.15) is 0 Å². The van der Waals surface area contributed by atoms with Crippen LogP contribution >= 0.6 is 34.5 Å². The number of halogens is 3. The normalized spacial score (nSPS) is 13.4. The molecule has 0 unspecified atom stereocenters. The van der Waals surface area contributed by atoms with Gasteiger partial charge in [0.25, 0.3) is 15.6 Å². The predicted molar refractivity (Wildman–Crippen MR) is 280 cm³/mol. The van der Waals surface area contributed by atoms with E-state index in [1.165, 1.54) is 67.9 Å². The van der Waals surface area contributed by atoms with Crippen LogP contribution in [0.3, 0.4) is 0 Å². The second-order valence-electron chi connectivity index (χ2n) is 17.8. The molecular weight excluding hydrogens is 1060 g/mol. The van der Waals surface area contributed by atoms with E-state index in [-0.39, 0.29) is 44.3 Å². The van der Waals surface area contributed by atoms with Gasteiger partial charge >= 0.3 is 28.5 Å². The minimum absolute atomic E-state index is 0.0321. The molecule has 1 fully saturated rings. The summed E-state index contributed by atoms with van der Waals surface area (Å²) in [6.07, 6.45) is 3.96. The molecule has 2 N–H and O–H groups in total. The van der Waals surface area contributed by atoms with Crippen LogP contribution < -0.4 is 31.0 Å². The van der Waals surface area contributed by atoms with E-state index in [1.807, 2.05) is 9.40 Å². The molecule has 398 valence electrons. The number of carbonyl (C=O) groups is 3. The van der Waals surface area contributed by atoms with Gasteiger partial charge in [-0.25, -0.2) is 60.9 Å². The number of aryl methyl sites for hydroxylation is 4. The molecule has 3 aromatic carbocycles. The molecule has 0 bridgehead atoms. The fourth-order valence-electron chi connectivity index (χ4n) is 7.40. The number of urea groups is 1. The van der Waals surface area contributed by atoms with Crippen LogP contribution in [-0.4, -0.2) is 80.3 Å². The van der Waals surface area contributed by atoms with Crippen LogP contribution in [0.2, 0.25) is 10.0 Å². The van der Waals surface area contributed by atoms with Crippen molar-refractivity contribution in [3.8, 4) is 5.69 Å². The van der Waals surface area contributed by atoms with Gasteiger partial charge in [-0.15, -0.1) is 0 Å². The van der Waals surface area contributed by atoms with Gasteiger partial charge in [-0.05, 0) is 126 Å². The van der Waals surface area contributed by atoms with Gasteiger partial charge in [0.15, 0.2) is 0 Å². The first kappa shape index (κ1) is 57.2. The summed E-state index contributed by atoms with van der Waals surface area (Å²) in [6.45, 7) is 15.8. The van der Waals surface area contributed by atoms with E-state index < -0.39 is 50.7 Å². The van der Waals surface area contributed by atoms with Gasteiger partial charge in [0, 0.05) is 54.2 Å². The number of benzene rings is 3. The van der Waals surface area contributed by atoms with E-state index >= 15 is 0 Å². The molecule has 1 saturated heterocycles. The molecule has 2 aliphatic heterocycles. The maximum absolute atomic E-state index is 13.9. The second kappa shape index (κ2) is 24.5. The first-order chi connectivity index (χ1) is 35.4. The summed E-state index contributed by atoms with van der Waals surface area (Å²) in [7, 11) is -2.49. The molecular formula is C50H54Cl2FN9O11S2. The topological polar surface area (TPSA) is 246 Å². The summed E-state index contributed by atoms with van der Waals surface area (Å²) in [5.41, 5.74) is 0.775. The second-order valence-corrected chi connectivity index (χ2v) is 21.2. The Labute approximate surface area is 444 Å². The Kier molecular flexibility index (Phi) is 18.7. The Hall–Kier alpha value is -7.05. The third-order valence-electron chi connectivity index (χ3n) is 11.4. The van der Waals surface area contributed by atoms with Crippen molar-refractivity contribution in [2.45, 2.75) is 84.4 Å². The smallest absolute Gasteiger partial charge is 0.350 e. The minimum atomic E-state index is -4.02. The summed E-state index contributed by atoms with van der Waals surface area (Å²) in [5.74, 6) is -1.80. The Morgan fingerprint density at radius 3 is 2.27 bits per heavy atom.